The maximum atomic E-state index is 10.7. The van der Waals surface area contributed by atoms with Crippen LogP contribution in [0.4, 0.5) is 5.69 Å². The Kier molecular flexibility index (Phi) is 4.84. The molecule has 0 saturated carbocycles. The largest absolute Gasteiger partial charge is 0.396 e. The Balaban J connectivity index is 2.15. The van der Waals surface area contributed by atoms with Gasteiger partial charge in [-0.25, -0.2) is 0 Å². The number of non-ortho nitro benzene ring substituents is 1. The van der Waals surface area contributed by atoms with Crippen LogP contribution in [-0.2, 0) is 0 Å². The van der Waals surface area contributed by atoms with Crippen LogP contribution >= 0.6 is 0 Å². The van der Waals surface area contributed by atoms with Crippen LogP contribution in [0.25, 0.3) is 0 Å². The third kappa shape index (κ3) is 3.50. The Hall–Kier alpha value is -1.50. The molecule has 0 unspecified atom stereocenters. The molecule has 2 N–H and O–H groups in total. The number of aliphatic hydroxyl groups is 1. The van der Waals surface area contributed by atoms with Gasteiger partial charge in [0.15, 0.2) is 0 Å². The average molecular weight is 265 g/mol. The lowest BCUT2D eigenvalue weighted by atomic mass is 10.0. The number of nitro benzene ring substituents is 1. The van der Waals surface area contributed by atoms with Gasteiger partial charge in [0, 0.05) is 51.0 Å². The summed E-state index contributed by atoms with van der Waals surface area (Å²) in [6.45, 7) is 3.86. The number of nitrogens with one attached hydrogen (secondary N) is 1. The number of piperazine rings is 1. The maximum Gasteiger partial charge on any atom is 0.269 e. The first-order chi connectivity index (χ1) is 9.22. The van der Waals surface area contributed by atoms with E-state index >= 15 is 0 Å². The van der Waals surface area contributed by atoms with Gasteiger partial charge in [-0.15, -0.1) is 0 Å². The van der Waals surface area contributed by atoms with Crippen LogP contribution in [0.5, 0.6) is 0 Å². The van der Waals surface area contributed by atoms with Gasteiger partial charge >= 0.3 is 0 Å². The summed E-state index contributed by atoms with van der Waals surface area (Å²) in [4.78, 5) is 12.6. The minimum atomic E-state index is -0.393. The Morgan fingerprint density at radius 3 is 2.47 bits per heavy atom. The van der Waals surface area contributed by atoms with E-state index in [9.17, 15) is 15.2 Å². The predicted molar refractivity (Wildman–Crippen MR) is 72.0 cm³/mol. The summed E-state index contributed by atoms with van der Waals surface area (Å²) >= 11 is 0. The zero-order valence-corrected chi connectivity index (χ0v) is 10.8. The summed E-state index contributed by atoms with van der Waals surface area (Å²) in [7, 11) is 0. The van der Waals surface area contributed by atoms with Gasteiger partial charge in [-0.3, -0.25) is 15.0 Å². The SMILES string of the molecule is O=[N+]([O-])c1ccc([C@H](CCO)N2CCNCC2)cc1. The summed E-state index contributed by atoms with van der Waals surface area (Å²) in [5.74, 6) is 0. The van der Waals surface area contributed by atoms with Crippen molar-refractivity contribution in [2.45, 2.75) is 12.5 Å². The zero-order valence-electron chi connectivity index (χ0n) is 10.8. The third-order valence-electron chi connectivity index (χ3n) is 3.48. The number of rotatable bonds is 5. The molecule has 0 amide bonds. The molecule has 19 heavy (non-hydrogen) atoms. The van der Waals surface area contributed by atoms with Gasteiger partial charge in [0.05, 0.1) is 4.92 Å². The number of hydrogen-bond acceptors (Lipinski definition) is 5. The first-order valence-corrected chi connectivity index (χ1v) is 6.52. The van der Waals surface area contributed by atoms with Crippen molar-refractivity contribution in [3.63, 3.8) is 0 Å². The molecule has 0 radical (unpaired) electrons. The number of benzene rings is 1. The highest BCUT2D eigenvalue weighted by Crippen LogP contribution is 2.26. The van der Waals surface area contributed by atoms with E-state index in [0.29, 0.717) is 6.42 Å². The molecule has 1 heterocycles. The first-order valence-electron chi connectivity index (χ1n) is 6.52. The predicted octanol–water partition coefficient (Wildman–Crippen LogP) is 0.923. The van der Waals surface area contributed by atoms with Crippen molar-refractivity contribution >= 4 is 5.69 Å². The lowest BCUT2D eigenvalue weighted by molar-refractivity contribution is -0.384. The number of hydrogen-bond donors (Lipinski definition) is 2. The molecule has 1 aromatic rings. The lowest BCUT2D eigenvalue weighted by Crippen LogP contribution is -2.45. The Morgan fingerprint density at radius 2 is 1.95 bits per heavy atom. The van der Waals surface area contributed by atoms with Crippen LogP contribution in [-0.4, -0.2) is 47.7 Å². The van der Waals surface area contributed by atoms with Crippen LogP contribution < -0.4 is 5.32 Å². The molecule has 1 aliphatic rings. The maximum absolute atomic E-state index is 10.7. The molecule has 1 fully saturated rings. The highest BCUT2D eigenvalue weighted by atomic mass is 16.6. The molecule has 1 atom stereocenters. The van der Waals surface area contributed by atoms with Crippen LogP contribution in [0, 0.1) is 10.1 Å². The molecular weight excluding hydrogens is 246 g/mol. The second kappa shape index (κ2) is 6.60. The van der Waals surface area contributed by atoms with Gasteiger partial charge in [-0.05, 0) is 12.0 Å². The van der Waals surface area contributed by atoms with E-state index in [0.717, 1.165) is 31.7 Å². The molecule has 6 heteroatoms. The Bertz CT molecular complexity index is 416. The molecule has 6 nitrogen and oxygen atoms in total. The molecule has 1 saturated heterocycles. The van der Waals surface area contributed by atoms with Gasteiger partial charge in [-0.2, -0.15) is 0 Å². The standard InChI is InChI=1S/C13H19N3O3/c17-10-5-13(15-8-6-14-7-9-15)11-1-3-12(4-2-11)16(18)19/h1-4,13-14,17H,5-10H2/t13-/m0/s1. The first kappa shape index (κ1) is 13.9. The molecule has 0 spiro atoms. The summed E-state index contributed by atoms with van der Waals surface area (Å²) in [5, 5.41) is 23.2. The monoisotopic (exact) mass is 265 g/mol. The summed E-state index contributed by atoms with van der Waals surface area (Å²) in [6, 6.07) is 6.78. The molecule has 2 rings (SSSR count). The molecule has 0 aromatic heterocycles. The van der Waals surface area contributed by atoms with Crippen molar-refractivity contribution in [2.24, 2.45) is 0 Å². The number of aliphatic hydroxyl groups excluding tert-OH is 1. The third-order valence-corrected chi connectivity index (χ3v) is 3.48. The van der Waals surface area contributed by atoms with Crippen molar-refractivity contribution in [2.75, 3.05) is 32.8 Å². The summed E-state index contributed by atoms with van der Waals surface area (Å²) in [6.07, 6.45) is 0.651. The van der Waals surface area contributed by atoms with E-state index in [1.54, 1.807) is 12.1 Å². The number of nitro groups is 1. The van der Waals surface area contributed by atoms with Crippen LogP contribution in [0.2, 0.25) is 0 Å². The van der Waals surface area contributed by atoms with E-state index in [2.05, 4.69) is 10.2 Å². The average Bonchev–Trinajstić information content (AvgIpc) is 2.46. The van der Waals surface area contributed by atoms with Gasteiger partial charge < -0.3 is 10.4 Å². The molecule has 104 valence electrons. The van der Waals surface area contributed by atoms with Gasteiger partial charge in [0.1, 0.15) is 0 Å². The molecule has 0 aliphatic carbocycles. The number of nitrogens with zero attached hydrogens (tertiary/aromatic N) is 2. The highest BCUT2D eigenvalue weighted by molar-refractivity contribution is 5.34. The topological polar surface area (TPSA) is 78.6 Å². The van der Waals surface area contributed by atoms with Gasteiger partial charge in [0.2, 0.25) is 0 Å². The molecule has 1 aliphatic heterocycles. The fraction of sp³-hybridized carbons (Fsp3) is 0.538. The van der Waals surface area contributed by atoms with Crippen LogP contribution in [0.15, 0.2) is 24.3 Å². The summed E-state index contributed by atoms with van der Waals surface area (Å²) < 4.78 is 0. The second-order valence-corrected chi connectivity index (χ2v) is 4.66. The fourth-order valence-electron chi connectivity index (χ4n) is 2.49. The van der Waals surface area contributed by atoms with E-state index in [1.165, 1.54) is 12.1 Å². The molecular formula is C13H19N3O3. The Morgan fingerprint density at radius 1 is 1.32 bits per heavy atom. The zero-order chi connectivity index (χ0) is 13.7. The molecule has 1 aromatic carbocycles. The van der Waals surface area contributed by atoms with Crippen molar-refractivity contribution in [3.05, 3.63) is 39.9 Å². The quantitative estimate of drug-likeness (QED) is 0.611. The van der Waals surface area contributed by atoms with Crippen molar-refractivity contribution < 1.29 is 10.0 Å². The molecule has 0 bridgehead atoms. The Labute approximate surface area is 112 Å². The summed E-state index contributed by atoms with van der Waals surface area (Å²) in [5.41, 5.74) is 1.13. The highest BCUT2D eigenvalue weighted by Gasteiger charge is 2.22. The van der Waals surface area contributed by atoms with E-state index < -0.39 is 4.92 Å². The van der Waals surface area contributed by atoms with Crippen molar-refractivity contribution in [3.8, 4) is 0 Å². The van der Waals surface area contributed by atoms with Gasteiger partial charge in [-0.1, -0.05) is 12.1 Å². The van der Waals surface area contributed by atoms with Crippen molar-refractivity contribution in [1.82, 2.24) is 10.2 Å². The second-order valence-electron chi connectivity index (χ2n) is 4.66. The fourth-order valence-corrected chi connectivity index (χ4v) is 2.49. The van der Waals surface area contributed by atoms with Crippen LogP contribution in [0.3, 0.4) is 0 Å². The smallest absolute Gasteiger partial charge is 0.269 e. The normalized spacial score (nSPS) is 18.2. The van der Waals surface area contributed by atoms with E-state index in [-0.39, 0.29) is 18.3 Å². The van der Waals surface area contributed by atoms with Gasteiger partial charge in [0.25, 0.3) is 5.69 Å². The van der Waals surface area contributed by atoms with E-state index in [4.69, 9.17) is 0 Å². The van der Waals surface area contributed by atoms with Crippen LogP contribution in [0.1, 0.15) is 18.0 Å². The lowest BCUT2D eigenvalue weighted by Gasteiger charge is -2.35. The van der Waals surface area contributed by atoms with Crippen molar-refractivity contribution in [1.29, 1.82) is 0 Å². The van der Waals surface area contributed by atoms with E-state index in [1.807, 2.05) is 0 Å². The minimum Gasteiger partial charge on any atom is -0.396 e. The minimum absolute atomic E-state index is 0.104.